The van der Waals surface area contributed by atoms with Crippen molar-refractivity contribution in [1.82, 2.24) is 10.6 Å². The first-order chi connectivity index (χ1) is 10.9. The molecule has 2 rings (SSSR count). The quantitative estimate of drug-likeness (QED) is 0.819. The number of aliphatic imine (C=N–C) groups is 1. The Hall–Kier alpha value is -2.43. The van der Waals surface area contributed by atoms with Crippen molar-refractivity contribution >= 4 is 17.6 Å². The highest BCUT2D eigenvalue weighted by molar-refractivity contribution is 6.18. The Morgan fingerprint density at radius 1 is 1.39 bits per heavy atom. The fraction of sp³-hybridized carbons (Fsp3) is 0.389. The van der Waals surface area contributed by atoms with Gasteiger partial charge in [0.15, 0.2) is 0 Å². The Balaban J connectivity index is 2.35. The molecule has 1 aromatic rings. The Morgan fingerprint density at radius 2 is 2.09 bits per heavy atom. The van der Waals surface area contributed by atoms with Crippen LogP contribution in [0.4, 0.5) is 0 Å². The molecule has 0 bridgehead atoms. The van der Waals surface area contributed by atoms with E-state index in [-0.39, 0.29) is 17.7 Å². The number of nitrogens with one attached hydrogen (secondary N) is 2. The number of hydrogen-bond donors (Lipinski definition) is 2. The molecular formula is C18H23N3O2. The third-order valence-electron chi connectivity index (χ3n) is 4.20. The van der Waals surface area contributed by atoms with E-state index in [0.717, 1.165) is 0 Å². The minimum atomic E-state index is -0.802. The zero-order chi connectivity index (χ0) is 17.0. The summed E-state index contributed by atoms with van der Waals surface area (Å²) in [5, 5.41) is 5.65. The molecule has 5 heteroatoms. The van der Waals surface area contributed by atoms with E-state index >= 15 is 0 Å². The first-order valence-corrected chi connectivity index (χ1v) is 7.80. The summed E-state index contributed by atoms with van der Waals surface area (Å²) >= 11 is 0. The van der Waals surface area contributed by atoms with Crippen molar-refractivity contribution in [2.24, 2.45) is 10.9 Å². The molecule has 0 aliphatic carbocycles. The molecule has 1 aliphatic rings. The molecule has 0 fully saturated rings. The van der Waals surface area contributed by atoms with Gasteiger partial charge in [0, 0.05) is 12.1 Å². The molecule has 23 heavy (non-hydrogen) atoms. The summed E-state index contributed by atoms with van der Waals surface area (Å²) in [6.07, 6.45) is 3.74. The maximum absolute atomic E-state index is 12.4. The molecule has 0 saturated heterocycles. The highest BCUT2D eigenvalue weighted by Gasteiger charge is 2.42. The maximum Gasteiger partial charge on any atom is 0.253 e. The molecule has 0 saturated carbocycles. The van der Waals surface area contributed by atoms with Crippen molar-refractivity contribution in [3.63, 3.8) is 0 Å². The summed E-state index contributed by atoms with van der Waals surface area (Å²) in [6, 6.07) is 7.17. The fourth-order valence-electron chi connectivity index (χ4n) is 2.32. The lowest BCUT2D eigenvalue weighted by Gasteiger charge is -2.21. The Bertz CT molecular complexity index is 677. The van der Waals surface area contributed by atoms with Crippen LogP contribution in [0.5, 0.6) is 0 Å². The predicted molar refractivity (Wildman–Crippen MR) is 91.5 cm³/mol. The number of hydrogen-bond acceptors (Lipinski definition) is 3. The molecule has 5 nitrogen and oxygen atoms in total. The number of carbonyl (C=O) groups excluding carboxylic acids is 2. The lowest BCUT2D eigenvalue weighted by atomic mass is 9.89. The molecule has 1 heterocycles. The molecule has 2 amide bonds. The van der Waals surface area contributed by atoms with Crippen molar-refractivity contribution in [3.05, 3.63) is 47.5 Å². The van der Waals surface area contributed by atoms with Gasteiger partial charge in [0.1, 0.15) is 11.4 Å². The molecule has 2 N–H and O–H groups in total. The zero-order valence-electron chi connectivity index (χ0n) is 14.0. The minimum absolute atomic E-state index is 0.0654. The lowest BCUT2D eigenvalue weighted by Crippen LogP contribution is -2.41. The second-order valence-corrected chi connectivity index (χ2v) is 6.04. The molecule has 0 aromatic heterocycles. The summed E-state index contributed by atoms with van der Waals surface area (Å²) in [4.78, 5) is 29.2. The van der Waals surface area contributed by atoms with Crippen LogP contribution in [0.1, 0.15) is 43.6 Å². The Morgan fingerprint density at radius 3 is 2.70 bits per heavy atom. The van der Waals surface area contributed by atoms with Gasteiger partial charge in [-0.1, -0.05) is 44.2 Å². The van der Waals surface area contributed by atoms with E-state index in [1.54, 1.807) is 18.2 Å². The van der Waals surface area contributed by atoms with Crippen molar-refractivity contribution in [1.29, 1.82) is 0 Å². The Labute approximate surface area is 136 Å². The van der Waals surface area contributed by atoms with Crippen LogP contribution >= 0.6 is 0 Å². The van der Waals surface area contributed by atoms with E-state index in [1.807, 2.05) is 45.9 Å². The summed E-state index contributed by atoms with van der Waals surface area (Å²) in [7, 11) is 0. The predicted octanol–water partition coefficient (Wildman–Crippen LogP) is 2.28. The number of carbonyl (C=O) groups is 2. The number of nitrogens with zero attached hydrogens (tertiary/aromatic N) is 1. The van der Waals surface area contributed by atoms with Crippen LogP contribution in [0.25, 0.3) is 0 Å². The molecule has 1 atom stereocenters. The molecule has 0 radical (unpaired) electrons. The van der Waals surface area contributed by atoms with Gasteiger partial charge in [-0.15, -0.1) is 0 Å². The third kappa shape index (κ3) is 3.33. The molecule has 1 unspecified atom stereocenters. The van der Waals surface area contributed by atoms with Gasteiger partial charge in [-0.25, -0.2) is 0 Å². The van der Waals surface area contributed by atoms with E-state index < -0.39 is 5.54 Å². The van der Waals surface area contributed by atoms with E-state index in [0.29, 0.717) is 23.5 Å². The zero-order valence-corrected chi connectivity index (χ0v) is 14.0. The Kier molecular flexibility index (Phi) is 4.98. The van der Waals surface area contributed by atoms with Gasteiger partial charge in [-0.05, 0) is 25.8 Å². The van der Waals surface area contributed by atoms with Crippen molar-refractivity contribution in [2.45, 2.75) is 33.2 Å². The van der Waals surface area contributed by atoms with Crippen LogP contribution in [0.3, 0.4) is 0 Å². The normalized spacial score (nSPS) is 20.7. The van der Waals surface area contributed by atoms with Gasteiger partial charge in [0.2, 0.25) is 0 Å². The summed E-state index contributed by atoms with van der Waals surface area (Å²) < 4.78 is 0. The van der Waals surface area contributed by atoms with E-state index in [1.165, 1.54) is 0 Å². The summed E-state index contributed by atoms with van der Waals surface area (Å²) in [5.74, 6) is 0.207. The highest BCUT2D eigenvalue weighted by Crippen LogP contribution is 2.27. The maximum atomic E-state index is 12.4. The minimum Gasteiger partial charge on any atom is -0.349 e. The number of rotatable bonds is 5. The number of amides is 2. The second-order valence-electron chi connectivity index (χ2n) is 6.04. The third-order valence-corrected chi connectivity index (χ3v) is 4.20. The standard InChI is InChI=1S/C18H23N3O2/c1-5-6-11-19-16(22)14-10-8-7-9-13(14)15-20-17(23)18(4,21-15)12(2)3/h5-10,12H,11H2,1-4H3,(H,19,22)(H,20,21,23). The van der Waals surface area contributed by atoms with E-state index in [4.69, 9.17) is 0 Å². The average molecular weight is 313 g/mol. The van der Waals surface area contributed by atoms with E-state index in [9.17, 15) is 9.59 Å². The fourth-order valence-corrected chi connectivity index (χ4v) is 2.32. The molecule has 1 aromatic carbocycles. The van der Waals surface area contributed by atoms with Crippen LogP contribution in [-0.4, -0.2) is 29.7 Å². The number of allylic oxidation sites excluding steroid dienone is 1. The summed E-state index contributed by atoms with van der Waals surface area (Å²) in [5.41, 5.74) is 0.344. The largest absolute Gasteiger partial charge is 0.349 e. The smallest absolute Gasteiger partial charge is 0.253 e. The van der Waals surface area contributed by atoms with Gasteiger partial charge >= 0.3 is 0 Å². The van der Waals surface area contributed by atoms with Crippen LogP contribution in [0, 0.1) is 5.92 Å². The number of amidine groups is 1. The van der Waals surface area contributed by atoms with Crippen molar-refractivity contribution < 1.29 is 9.59 Å². The van der Waals surface area contributed by atoms with Gasteiger partial charge in [-0.2, -0.15) is 0 Å². The number of benzene rings is 1. The van der Waals surface area contributed by atoms with Crippen molar-refractivity contribution in [2.75, 3.05) is 6.54 Å². The average Bonchev–Trinajstić information content (AvgIpc) is 2.84. The molecule has 1 aliphatic heterocycles. The highest BCUT2D eigenvalue weighted by atomic mass is 16.2. The van der Waals surface area contributed by atoms with Crippen LogP contribution < -0.4 is 10.6 Å². The van der Waals surface area contributed by atoms with Gasteiger partial charge in [-0.3, -0.25) is 14.6 Å². The van der Waals surface area contributed by atoms with Gasteiger partial charge in [0.05, 0.1) is 5.56 Å². The van der Waals surface area contributed by atoms with Gasteiger partial charge in [0.25, 0.3) is 11.8 Å². The summed E-state index contributed by atoms with van der Waals surface area (Å²) in [6.45, 7) is 8.10. The van der Waals surface area contributed by atoms with Crippen molar-refractivity contribution in [3.8, 4) is 0 Å². The first-order valence-electron chi connectivity index (χ1n) is 7.80. The van der Waals surface area contributed by atoms with E-state index in [2.05, 4.69) is 15.6 Å². The molecule has 0 spiro atoms. The monoisotopic (exact) mass is 313 g/mol. The van der Waals surface area contributed by atoms with Crippen LogP contribution in [-0.2, 0) is 4.79 Å². The van der Waals surface area contributed by atoms with Gasteiger partial charge < -0.3 is 10.6 Å². The lowest BCUT2D eigenvalue weighted by molar-refractivity contribution is -0.124. The molecule has 122 valence electrons. The van der Waals surface area contributed by atoms with Crippen LogP contribution in [0.2, 0.25) is 0 Å². The topological polar surface area (TPSA) is 70.6 Å². The van der Waals surface area contributed by atoms with Crippen LogP contribution in [0.15, 0.2) is 41.4 Å². The molecular weight excluding hydrogens is 290 g/mol. The first kappa shape index (κ1) is 16.9. The second kappa shape index (κ2) is 6.77. The SMILES string of the molecule is CC=CCNC(=O)c1ccccc1C1=NC(C)(C(C)C)C(=O)N1.